The third-order valence-electron chi connectivity index (χ3n) is 3.37. The summed E-state index contributed by atoms with van der Waals surface area (Å²) in [6, 6.07) is 4.65. The summed E-state index contributed by atoms with van der Waals surface area (Å²) in [5.41, 5.74) is 0.305. The summed E-state index contributed by atoms with van der Waals surface area (Å²) in [5.74, 6) is -0.817. The first kappa shape index (κ1) is 15.0. The van der Waals surface area contributed by atoms with Crippen molar-refractivity contribution in [3.63, 3.8) is 0 Å². The lowest BCUT2D eigenvalue weighted by atomic mass is 10.2. The van der Waals surface area contributed by atoms with Crippen molar-refractivity contribution in [1.29, 1.82) is 0 Å². The normalized spacial score (nSPS) is 14.8. The molecule has 2 heterocycles. The Labute approximate surface area is 122 Å². The van der Waals surface area contributed by atoms with Gasteiger partial charge in [-0.1, -0.05) is 6.07 Å². The predicted octanol–water partition coefficient (Wildman–Crippen LogP) is 0.172. The topological polar surface area (TPSA) is 79.8 Å². The third-order valence-corrected chi connectivity index (χ3v) is 3.37. The van der Waals surface area contributed by atoms with Crippen LogP contribution in [0.5, 0.6) is 0 Å². The van der Waals surface area contributed by atoms with Gasteiger partial charge in [-0.25, -0.2) is 9.78 Å². The van der Waals surface area contributed by atoms with Crippen LogP contribution in [0.4, 0.5) is 0 Å². The number of methoxy groups -OCH3 is 1. The molecule has 0 spiro atoms. The Hall–Kier alpha value is -2.44. The van der Waals surface area contributed by atoms with Crippen molar-refractivity contribution in [2.24, 2.45) is 0 Å². The van der Waals surface area contributed by atoms with Gasteiger partial charge < -0.3 is 14.5 Å². The molecule has 1 aromatic rings. The van der Waals surface area contributed by atoms with Crippen LogP contribution in [0.1, 0.15) is 27.9 Å². The number of hydrogen-bond donors (Lipinski definition) is 0. The van der Waals surface area contributed by atoms with E-state index in [9.17, 15) is 14.4 Å². The third kappa shape index (κ3) is 3.36. The van der Waals surface area contributed by atoms with Gasteiger partial charge in [0.2, 0.25) is 5.91 Å². The minimum Gasteiger partial charge on any atom is -0.464 e. The minimum atomic E-state index is -0.578. The Bertz CT molecular complexity index is 565. The van der Waals surface area contributed by atoms with Gasteiger partial charge in [0.1, 0.15) is 11.4 Å². The van der Waals surface area contributed by atoms with Crippen LogP contribution in [0.15, 0.2) is 18.2 Å². The summed E-state index contributed by atoms with van der Waals surface area (Å²) in [7, 11) is 1.26. The molecule has 2 amide bonds. The second-order valence-corrected chi connectivity index (χ2v) is 4.70. The van der Waals surface area contributed by atoms with Gasteiger partial charge in [0, 0.05) is 33.1 Å². The fourth-order valence-electron chi connectivity index (χ4n) is 2.16. The van der Waals surface area contributed by atoms with Gasteiger partial charge in [0.25, 0.3) is 5.91 Å². The van der Waals surface area contributed by atoms with Crippen molar-refractivity contribution < 1.29 is 19.1 Å². The lowest BCUT2D eigenvalue weighted by Gasteiger charge is -2.34. The van der Waals surface area contributed by atoms with E-state index in [4.69, 9.17) is 0 Å². The molecule has 0 N–H and O–H groups in total. The molecule has 0 aromatic carbocycles. The molecule has 0 radical (unpaired) electrons. The number of aromatic nitrogens is 1. The van der Waals surface area contributed by atoms with Gasteiger partial charge in [0.05, 0.1) is 7.11 Å². The zero-order valence-electron chi connectivity index (χ0n) is 12.0. The number of pyridine rings is 1. The van der Waals surface area contributed by atoms with E-state index < -0.39 is 5.97 Å². The summed E-state index contributed by atoms with van der Waals surface area (Å²) in [5, 5.41) is 0. The molecule has 0 bridgehead atoms. The zero-order valence-corrected chi connectivity index (χ0v) is 12.0. The zero-order chi connectivity index (χ0) is 15.4. The van der Waals surface area contributed by atoms with Crippen LogP contribution >= 0.6 is 0 Å². The molecule has 1 saturated heterocycles. The predicted molar refractivity (Wildman–Crippen MR) is 73.7 cm³/mol. The van der Waals surface area contributed by atoms with Crippen LogP contribution in [-0.4, -0.2) is 65.9 Å². The number of carbonyl (C=O) groups is 3. The van der Waals surface area contributed by atoms with Crippen LogP contribution in [0.2, 0.25) is 0 Å². The number of ether oxygens (including phenoxy) is 1. The lowest BCUT2D eigenvalue weighted by Crippen LogP contribution is -2.50. The first-order chi connectivity index (χ1) is 10.0. The molecule has 1 aliphatic rings. The van der Waals surface area contributed by atoms with E-state index in [0.717, 1.165) is 0 Å². The Kier molecular flexibility index (Phi) is 4.52. The van der Waals surface area contributed by atoms with Crippen molar-refractivity contribution in [2.45, 2.75) is 6.92 Å². The summed E-state index contributed by atoms with van der Waals surface area (Å²) in [6.07, 6.45) is 0. The highest BCUT2D eigenvalue weighted by Crippen LogP contribution is 2.09. The largest absolute Gasteiger partial charge is 0.464 e. The standard InChI is InChI=1S/C14H17N3O4/c1-10(18)16-6-8-17(9-7-16)13(19)11-4-3-5-12(15-11)14(20)21-2/h3-5H,6-9H2,1-2H3. The monoisotopic (exact) mass is 291 g/mol. The molecule has 1 aliphatic heterocycles. The molecule has 1 aromatic heterocycles. The van der Waals surface area contributed by atoms with Gasteiger partial charge in [0.15, 0.2) is 0 Å². The quantitative estimate of drug-likeness (QED) is 0.726. The van der Waals surface area contributed by atoms with E-state index in [0.29, 0.717) is 26.2 Å². The van der Waals surface area contributed by atoms with Crippen molar-refractivity contribution in [1.82, 2.24) is 14.8 Å². The number of nitrogens with zero attached hydrogens (tertiary/aromatic N) is 3. The molecule has 112 valence electrons. The number of amides is 2. The highest BCUT2D eigenvalue weighted by Gasteiger charge is 2.24. The fourth-order valence-corrected chi connectivity index (χ4v) is 2.16. The van der Waals surface area contributed by atoms with Crippen LogP contribution in [0, 0.1) is 0 Å². The van der Waals surface area contributed by atoms with E-state index in [-0.39, 0.29) is 23.2 Å². The van der Waals surface area contributed by atoms with E-state index in [1.807, 2.05) is 0 Å². The maximum atomic E-state index is 12.3. The first-order valence-corrected chi connectivity index (χ1v) is 6.63. The van der Waals surface area contributed by atoms with Gasteiger partial charge >= 0.3 is 5.97 Å². The van der Waals surface area contributed by atoms with Gasteiger partial charge in [-0.15, -0.1) is 0 Å². The maximum absolute atomic E-state index is 12.3. The molecular formula is C14H17N3O4. The summed E-state index contributed by atoms with van der Waals surface area (Å²) < 4.78 is 4.59. The highest BCUT2D eigenvalue weighted by molar-refractivity contribution is 5.94. The lowest BCUT2D eigenvalue weighted by molar-refractivity contribution is -0.130. The van der Waals surface area contributed by atoms with Gasteiger partial charge in [-0.05, 0) is 12.1 Å². The molecule has 7 nitrogen and oxygen atoms in total. The average Bonchev–Trinajstić information content (AvgIpc) is 2.53. The molecular weight excluding hydrogens is 274 g/mol. The fraction of sp³-hybridized carbons (Fsp3) is 0.429. The molecule has 0 aliphatic carbocycles. The highest BCUT2D eigenvalue weighted by atomic mass is 16.5. The van der Waals surface area contributed by atoms with Gasteiger partial charge in [-0.2, -0.15) is 0 Å². The molecule has 1 fully saturated rings. The van der Waals surface area contributed by atoms with Crippen LogP contribution in [-0.2, 0) is 9.53 Å². The molecule has 0 atom stereocenters. The SMILES string of the molecule is COC(=O)c1cccc(C(=O)N2CCN(C(C)=O)CC2)n1. The Balaban J connectivity index is 2.07. The van der Waals surface area contributed by atoms with Crippen molar-refractivity contribution >= 4 is 17.8 Å². The number of rotatable bonds is 2. The van der Waals surface area contributed by atoms with E-state index in [1.165, 1.54) is 20.1 Å². The molecule has 0 saturated carbocycles. The first-order valence-electron chi connectivity index (χ1n) is 6.63. The van der Waals surface area contributed by atoms with Crippen molar-refractivity contribution in [3.05, 3.63) is 29.6 Å². The van der Waals surface area contributed by atoms with Crippen LogP contribution < -0.4 is 0 Å². The molecule has 0 unspecified atom stereocenters. The summed E-state index contributed by atoms with van der Waals surface area (Å²) in [4.78, 5) is 42.4. The van der Waals surface area contributed by atoms with Crippen molar-refractivity contribution in [2.75, 3.05) is 33.3 Å². The summed E-state index contributed by atoms with van der Waals surface area (Å²) in [6.45, 7) is 3.46. The second kappa shape index (κ2) is 6.34. The number of piperazine rings is 1. The molecule has 7 heteroatoms. The second-order valence-electron chi connectivity index (χ2n) is 4.70. The Morgan fingerprint density at radius 3 is 2.19 bits per heavy atom. The maximum Gasteiger partial charge on any atom is 0.356 e. The number of hydrogen-bond acceptors (Lipinski definition) is 5. The van der Waals surface area contributed by atoms with Gasteiger partial charge in [-0.3, -0.25) is 9.59 Å². The number of carbonyl (C=O) groups excluding carboxylic acids is 3. The summed E-state index contributed by atoms with van der Waals surface area (Å²) >= 11 is 0. The van der Waals surface area contributed by atoms with Crippen LogP contribution in [0.25, 0.3) is 0 Å². The minimum absolute atomic E-state index is 0.00733. The average molecular weight is 291 g/mol. The van der Waals surface area contributed by atoms with E-state index in [1.54, 1.807) is 21.9 Å². The smallest absolute Gasteiger partial charge is 0.356 e. The van der Waals surface area contributed by atoms with E-state index in [2.05, 4.69) is 9.72 Å². The van der Waals surface area contributed by atoms with Crippen LogP contribution in [0.3, 0.4) is 0 Å². The number of esters is 1. The Morgan fingerprint density at radius 1 is 1.05 bits per heavy atom. The van der Waals surface area contributed by atoms with Crippen molar-refractivity contribution in [3.8, 4) is 0 Å². The Morgan fingerprint density at radius 2 is 1.62 bits per heavy atom. The van der Waals surface area contributed by atoms with E-state index >= 15 is 0 Å². The molecule has 2 rings (SSSR count). The molecule has 21 heavy (non-hydrogen) atoms.